The summed E-state index contributed by atoms with van der Waals surface area (Å²) in [6, 6.07) is 13.2. The highest BCUT2D eigenvalue weighted by atomic mass is 35.5. The van der Waals surface area contributed by atoms with Crippen molar-refractivity contribution in [2.24, 2.45) is 0 Å². The largest absolute Gasteiger partial charge is 0.334 e. The molecule has 0 aliphatic rings. The fourth-order valence-electron chi connectivity index (χ4n) is 2.59. The van der Waals surface area contributed by atoms with Crippen LogP contribution in [0.2, 0.25) is 5.02 Å². The molecule has 0 saturated heterocycles. The van der Waals surface area contributed by atoms with E-state index >= 15 is 0 Å². The molecule has 1 heterocycles. The fraction of sp³-hybridized carbons (Fsp3) is 0.286. The molecule has 0 radical (unpaired) electrons. The maximum Gasteiger partial charge on any atom is 0.260 e. The first-order chi connectivity index (χ1) is 13.3. The van der Waals surface area contributed by atoms with Crippen molar-refractivity contribution in [3.63, 3.8) is 0 Å². The molecule has 1 amide bonds. The number of para-hydroxylation sites is 1. The number of benzene rings is 2. The Kier molecular flexibility index (Phi) is 6.42. The smallest absolute Gasteiger partial charge is 0.260 e. The summed E-state index contributed by atoms with van der Waals surface area (Å²) in [7, 11) is 0. The number of nitrogens with zero attached hydrogens (tertiary/aromatic N) is 2. The molecule has 0 aliphatic carbocycles. The van der Waals surface area contributed by atoms with Crippen molar-refractivity contribution in [3.05, 3.63) is 58.9 Å². The van der Waals surface area contributed by atoms with Crippen LogP contribution in [0.15, 0.2) is 51.9 Å². The van der Waals surface area contributed by atoms with Crippen LogP contribution in [0.1, 0.15) is 38.1 Å². The second-order valence-corrected chi connectivity index (χ2v) is 8.66. The van der Waals surface area contributed by atoms with Crippen molar-refractivity contribution in [2.75, 3.05) is 5.32 Å². The minimum Gasteiger partial charge on any atom is -0.334 e. The molecule has 3 aromatic rings. The second kappa shape index (κ2) is 8.80. The molecule has 1 atom stereocenters. The van der Waals surface area contributed by atoms with Gasteiger partial charge in [-0.15, -0.1) is 11.8 Å². The van der Waals surface area contributed by atoms with Crippen molar-refractivity contribution in [1.82, 2.24) is 10.1 Å². The summed E-state index contributed by atoms with van der Waals surface area (Å²) in [5, 5.41) is 7.44. The number of nitrogens with one attached hydrogen (secondary N) is 1. The highest BCUT2D eigenvalue weighted by Gasteiger charge is 2.20. The summed E-state index contributed by atoms with van der Waals surface area (Å²) in [5.74, 6) is 1.11. The summed E-state index contributed by atoms with van der Waals surface area (Å²) in [5.41, 5.74) is 2.34. The molecule has 0 saturated carbocycles. The first kappa shape index (κ1) is 20.4. The number of aryl methyl sites for hydroxylation is 1. The summed E-state index contributed by atoms with van der Waals surface area (Å²) in [4.78, 5) is 18.3. The maximum atomic E-state index is 12.8. The molecule has 7 heteroatoms. The van der Waals surface area contributed by atoms with Gasteiger partial charge in [0.05, 0.1) is 16.5 Å². The normalized spacial score (nSPS) is 12.2. The van der Waals surface area contributed by atoms with Crippen LogP contribution in [0.4, 0.5) is 5.69 Å². The van der Waals surface area contributed by atoms with Crippen LogP contribution >= 0.6 is 23.4 Å². The summed E-state index contributed by atoms with van der Waals surface area (Å²) in [6.07, 6.45) is 0. The highest BCUT2D eigenvalue weighted by molar-refractivity contribution is 8.00. The van der Waals surface area contributed by atoms with E-state index in [1.54, 1.807) is 0 Å². The predicted molar refractivity (Wildman–Crippen MR) is 114 cm³/mol. The molecule has 5 nitrogen and oxygen atoms in total. The van der Waals surface area contributed by atoms with Crippen LogP contribution < -0.4 is 5.32 Å². The van der Waals surface area contributed by atoms with Crippen molar-refractivity contribution < 1.29 is 9.32 Å². The Bertz CT molecular complexity index is 970. The first-order valence-electron chi connectivity index (χ1n) is 9.02. The van der Waals surface area contributed by atoms with Gasteiger partial charge in [-0.05, 0) is 49.7 Å². The number of hydrogen-bond acceptors (Lipinski definition) is 5. The molecule has 2 aromatic carbocycles. The zero-order valence-corrected chi connectivity index (χ0v) is 17.8. The van der Waals surface area contributed by atoms with Crippen LogP contribution in [0.25, 0.3) is 11.5 Å². The number of carbonyl (C=O) groups is 1. The Balaban J connectivity index is 1.81. The molecule has 0 spiro atoms. The van der Waals surface area contributed by atoms with E-state index in [1.807, 2.05) is 70.2 Å². The minimum atomic E-state index is -0.289. The van der Waals surface area contributed by atoms with Gasteiger partial charge in [-0.25, -0.2) is 0 Å². The third-order valence-electron chi connectivity index (χ3n) is 4.21. The van der Waals surface area contributed by atoms with Crippen LogP contribution in [0.3, 0.4) is 0 Å². The van der Waals surface area contributed by atoms with Gasteiger partial charge in [0.25, 0.3) is 5.89 Å². The van der Waals surface area contributed by atoms with Gasteiger partial charge < -0.3 is 9.84 Å². The molecule has 146 valence electrons. The van der Waals surface area contributed by atoms with E-state index in [-0.39, 0.29) is 17.1 Å². The zero-order valence-electron chi connectivity index (χ0n) is 16.2. The summed E-state index contributed by atoms with van der Waals surface area (Å²) in [6.45, 7) is 7.82. The van der Waals surface area contributed by atoms with Crippen molar-refractivity contribution in [1.29, 1.82) is 0 Å². The lowest BCUT2D eigenvalue weighted by Gasteiger charge is -2.15. The lowest BCUT2D eigenvalue weighted by molar-refractivity contribution is -0.115. The van der Waals surface area contributed by atoms with E-state index < -0.39 is 0 Å². The number of thioether (sulfide) groups is 1. The Hall–Kier alpha value is -2.31. The Morgan fingerprint density at radius 3 is 2.50 bits per heavy atom. The number of halogens is 1. The van der Waals surface area contributed by atoms with Gasteiger partial charge in [-0.2, -0.15) is 4.98 Å². The molecule has 0 fully saturated rings. The van der Waals surface area contributed by atoms with Crippen molar-refractivity contribution >= 4 is 35.0 Å². The maximum absolute atomic E-state index is 12.8. The second-order valence-electron chi connectivity index (χ2n) is 6.81. The topological polar surface area (TPSA) is 68.0 Å². The van der Waals surface area contributed by atoms with Crippen molar-refractivity contribution in [3.8, 4) is 11.5 Å². The molecule has 0 bridgehead atoms. The van der Waals surface area contributed by atoms with Crippen LogP contribution in [0.5, 0.6) is 0 Å². The molecule has 1 unspecified atom stereocenters. The first-order valence-corrected chi connectivity index (χ1v) is 10.3. The average Bonchev–Trinajstić information content (AvgIpc) is 3.15. The van der Waals surface area contributed by atoms with E-state index in [4.69, 9.17) is 16.1 Å². The van der Waals surface area contributed by atoms with E-state index in [1.165, 1.54) is 11.8 Å². The third kappa shape index (κ3) is 4.75. The highest BCUT2D eigenvalue weighted by Crippen LogP contribution is 2.32. The van der Waals surface area contributed by atoms with Gasteiger partial charge in [0.1, 0.15) is 0 Å². The van der Waals surface area contributed by atoms with E-state index in [9.17, 15) is 4.79 Å². The van der Waals surface area contributed by atoms with Gasteiger partial charge >= 0.3 is 0 Å². The van der Waals surface area contributed by atoms with E-state index in [0.29, 0.717) is 22.4 Å². The minimum absolute atomic E-state index is 0.0981. The molecular weight excluding hydrogens is 394 g/mol. The molecular formula is C21H22ClN3O2S. The van der Waals surface area contributed by atoms with Gasteiger partial charge in [0, 0.05) is 15.8 Å². The predicted octanol–water partition coefficient (Wildman–Crippen LogP) is 5.94. The van der Waals surface area contributed by atoms with Crippen LogP contribution in [0, 0.1) is 6.92 Å². The van der Waals surface area contributed by atoms with Gasteiger partial charge in [-0.3, -0.25) is 4.79 Å². The molecule has 28 heavy (non-hydrogen) atoms. The summed E-state index contributed by atoms with van der Waals surface area (Å²) >= 11 is 7.40. The summed E-state index contributed by atoms with van der Waals surface area (Å²) < 4.78 is 5.43. The SMILES string of the molecule is Cc1cccc(-c2nc(C(C)C)no2)c1NC(=O)C(C)Sc1ccc(Cl)cc1. The number of anilines is 1. The number of carbonyl (C=O) groups excluding carboxylic acids is 1. The lowest BCUT2D eigenvalue weighted by atomic mass is 10.1. The number of rotatable bonds is 6. The molecule has 1 N–H and O–H groups in total. The number of hydrogen-bond donors (Lipinski definition) is 1. The standard InChI is InChI=1S/C21H22ClN3O2S/c1-12(2)19-24-21(27-25-19)17-7-5-6-13(3)18(17)23-20(26)14(4)28-16-10-8-15(22)9-11-16/h5-12,14H,1-4H3,(H,23,26). The van der Waals surface area contributed by atoms with Crippen LogP contribution in [-0.2, 0) is 4.79 Å². The van der Waals surface area contributed by atoms with Gasteiger partial charge in [0.15, 0.2) is 5.82 Å². The van der Waals surface area contributed by atoms with Crippen LogP contribution in [-0.4, -0.2) is 21.3 Å². The Labute approximate surface area is 173 Å². The Morgan fingerprint density at radius 1 is 1.14 bits per heavy atom. The third-order valence-corrected chi connectivity index (χ3v) is 5.57. The number of aromatic nitrogens is 2. The average molecular weight is 416 g/mol. The van der Waals surface area contributed by atoms with Gasteiger partial charge in [0.2, 0.25) is 5.91 Å². The zero-order chi connectivity index (χ0) is 20.3. The lowest BCUT2D eigenvalue weighted by Crippen LogP contribution is -2.23. The molecule has 1 aromatic heterocycles. The number of amides is 1. The van der Waals surface area contributed by atoms with E-state index in [2.05, 4.69) is 15.5 Å². The van der Waals surface area contributed by atoms with E-state index in [0.717, 1.165) is 16.0 Å². The molecule has 3 rings (SSSR count). The fourth-order valence-corrected chi connectivity index (χ4v) is 3.58. The van der Waals surface area contributed by atoms with Gasteiger partial charge in [-0.1, -0.05) is 42.7 Å². The Morgan fingerprint density at radius 2 is 1.86 bits per heavy atom. The monoisotopic (exact) mass is 415 g/mol. The van der Waals surface area contributed by atoms with Crippen molar-refractivity contribution in [2.45, 2.75) is 43.8 Å². The molecule has 0 aliphatic heterocycles. The quantitative estimate of drug-likeness (QED) is 0.504.